The van der Waals surface area contributed by atoms with E-state index in [2.05, 4.69) is 17.2 Å². The molecule has 5 heteroatoms. The molecule has 0 rings (SSSR count). The SMILES string of the molecule is CCCCCCCCCCCCCCCCCCNC(=O)CCCCN=C(N)N. The molecule has 0 spiro atoms. The average molecular weight is 411 g/mol. The van der Waals surface area contributed by atoms with Crippen LogP contribution in [0.4, 0.5) is 0 Å². The molecule has 0 unspecified atom stereocenters. The van der Waals surface area contributed by atoms with Gasteiger partial charge in [-0.2, -0.15) is 0 Å². The molecule has 5 N–H and O–H groups in total. The largest absolute Gasteiger partial charge is 0.370 e. The number of nitrogens with two attached hydrogens (primary N) is 2. The number of hydrogen-bond donors (Lipinski definition) is 3. The van der Waals surface area contributed by atoms with Crippen molar-refractivity contribution in [2.24, 2.45) is 16.5 Å². The molecule has 0 aromatic heterocycles. The number of guanidine groups is 1. The highest BCUT2D eigenvalue weighted by Crippen LogP contribution is 2.13. The minimum Gasteiger partial charge on any atom is -0.370 e. The van der Waals surface area contributed by atoms with Crippen molar-refractivity contribution in [1.82, 2.24) is 5.32 Å². The van der Waals surface area contributed by atoms with E-state index in [4.69, 9.17) is 11.5 Å². The van der Waals surface area contributed by atoms with Gasteiger partial charge in [0.15, 0.2) is 5.96 Å². The molecule has 0 saturated heterocycles. The Morgan fingerprint density at radius 1 is 0.655 bits per heavy atom. The molecule has 0 aromatic carbocycles. The van der Waals surface area contributed by atoms with Gasteiger partial charge in [-0.05, 0) is 19.3 Å². The van der Waals surface area contributed by atoms with Crippen LogP contribution < -0.4 is 16.8 Å². The van der Waals surface area contributed by atoms with Gasteiger partial charge in [-0.25, -0.2) is 0 Å². The topological polar surface area (TPSA) is 93.5 Å². The minimum atomic E-state index is 0.123. The molecule has 1 amide bonds. The Hall–Kier alpha value is -1.26. The molecule has 0 radical (unpaired) electrons. The third kappa shape index (κ3) is 24.7. The normalized spacial score (nSPS) is 10.8. The molecule has 5 nitrogen and oxygen atoms in total. The number of carbonyl (C=O) groups is 1. The van der Waals surface area contributed by atoms with Crippen molar-refractivity contribution in [1.29, 1.82) is 0 Å². The number of carbonyl (C=O) groups excluding carboxylic acids is 1. The van der Waals surface area contributed by atoms with E-state index in [-0.39, 0.29) is 11.9 Å². The number of unbranched alkanes of at least 4 members (excludes halogenated alkanes) is 16. The van der Waals surface area contributed by atoms with E-state index >= 15 is 0 Å². The van der Waals surface area contributed by atoms with Gasteiger partial charge in [0, 0.05) is 19.5 Å². The van der Waals surface area contributed by atoms with E-state index in [9.17, 15) is 4.79 Å². The van der Waals surface area contributed by atoms with Crippen molar-refractivity contribution in [2.45, 2.75) is 129 Å². The molecule has 0 heterocycles. The fourth-order valence-corrected chi connectivity index (χ4v) is 3.59. The molecular formula is C24H50N4O. The Labute approximate surface area is 180 Å². The molecular weight excluding hydrogens is 360 g/mol. The maximum absolute atomic E-state index is 11.7. The summed E-state index contributed by atoms with van der Waals surface area (Å²) in [5.41, 5.74) is 10.5. The second kappa shape index (κ2) is 23.0. The zero-order chi connectivity index (χ0) is 21.4. The van der Waals surface area contributed by atoms with E-state index in [1.807, 2.05) is 0 Å². The van der Waals surface area contributed by atoms with Gasteiger partial charge < -0.3 is 16.8 Å². The summed E-state index contributed by atoms with van der Waals surface area (Å²) >= 11 is 0. The van der Waals surface area contributed by atoms with Crippen molar-refractivity contribution >= 4 is 11.9 Å². The molecule has 0 fully saturated rings. The number of hydrogen-bond acceptors (Lipinski definition) is 2. The maximum atomic E-state index is 11.7. The Bertz CT molecular complexity index is 381. The van der Waals surface area contributed by atoms with Crippen molar-refractivity contribution in [3.8, 4) is 0 Å². The van der Waals surface area contributed by atoms with Crippen molar-refractivity contribution < 1.29 is 4.79 Å². The van der Waals surface area contributed by atoms with E-state index in [0.717, 1.165) is 25.8 Å². The fraction of sp³-hybridized carbons (Fsp3) is 0.917. The summed E-state index contributed by atoms with van der Waals surface area (Å²) in [4.78, 5) is 15.6. The molecule has 172 valence electrons. The number of nitrogens with one attached hydrogen (secondary N) is 1. The zero-order valence-corrected chi connectivity index (χ0v) is 19.4. The van der Waals surface area contributed by atoms with Crippen LogP contribution in [0.2, 0.25) is 0 Å². The molecule has 0 aliphatic carbocycles. The molecule has 0 aliphatic rings. The molecule has 0 aliphatic heterocycles. The molecule has 29 heavy (non-hydrogen) atoms. The second-order valence-corrected chi connectivity index (χ2v) is 8.42. The van der Waals surface area contributed by atoms with Crippen LogP contribution in [0.25, 0.3) is 0 Å². The van der Waals surface area contributed by atoms with Crippen LogP contribution in [0.5, 0.6) is 0 Å². The van der Waals surface area contributed by atoms with E-state index in [1.54, 1.807) is 0 Å². The van der Waals surface area contributed by atoms with Gasteiger partial charge in [-0.15, -0.1) is 0 Å². The van der Waals surface area contributed by atoms with E-state index < -0.39 is 0 Å². The van der Waals surface area contributed by atoms with Crippen LogP contribution in [0.3, 0.4) is 0 Å². The number of amides is 1. The second-order valence-electron chi connectivity index (χ2n) is 8.42. The van der Waals surface area contributed by atoms with Crippen LogP contribution in [0, 0.1) is 0 Å². The van der Waals surface area contributed by atoms with Gasteiger partial charge in [0.2, 0.25) is 5.91 Å². The summed E-state index contributed by atoms with van der Waals surface area (Å²) in [5.74, 6) is 0.272. The molecule has 0 bridgehead atoms. The summed E-state index contributed by atoms with van der Waals surface area (Å²) in [6.07, 6.45) is 24.2. The first-order valence-electron chi connectivity index (χ1n) is 12.5. The third-order valence-corrected chi connectivity index (χ3v) is 5.46. The number of nitrogens with zero attached hydrogens (tertiary/aromatic N) is 1. The Kier molecular flexibility index (Phi) is 22.0. The average Bonchev–Trinajstić information content (AvgIpc) is 2.69. The zero-order valence-electron chi connectivity index (χ0n) is 19.4. The predicted octanol–water partition coefficient (Wildman–Crippen LogP) is 5.81. The smallest absolute Gasteiger partial charge is 0.219 e. The minimum absolute atomic E-state index is 0.123. The third-order valence-electron chi connectivity index (χ3n) is 5.46. The summed E-state index contributed by atoms with van der Waals surface area (Å²) < 4.78 is 0. The summed E-state index contributed by atoms with van der Waals surface area (Å²) in [6, 6.07) is 0. The number of aliphatic imine (C=N–C) groups is 1. The van der Waals surface area contributed by atoms with Crippen LogP contribution in [0.15, 0.2) is 4.99 Å². The van der Waals surface area contributed by atoms with E-state index in [1.165, 1.54) is 96.3 Å². The highest BCUT2D eigenvalue weighted by Gasteiger charge is 2.00. The monoisotopic (exact) mass is 410 g/mol. The lowest BCUT2D eigenvalue weighted by Gasteiger charge is -2.05. The molecule has 0 atom stereocenters. The van der Waals surface area contributed by atoms with Crippen molar-refractivity contribution in [3.05, 3.63) is 0 Å². The first-order chi connectivity index (χ1) is 14.2. The lowest BCUT2D eigenvalue weighted by Crippen LogP contribution is -2.24. The van der Waals surface area contributed by atoms with Crippen LogP contribution in [-0.2, 0) is 4.79 Å². The molecule has 0 aromatic rings. The van der Waals surface area contributed by atoms with Crippen molar-refractivity contribution in [3.63, 3.8) is 0 Å². The van der Waals surface area contributed by atoms with Gasteiger partial charge in [0.25, 0.3) is 0 Å². The van der Waals surface area contributed by atoms with Crippen LogP contribution >= 0.6 is 0 Å². The Morgan fingerprint density at radius 3 is 1.55 bits per heavy atom. The maximum Gasteiger partial charge on any atom is 0.219 e. The Morgan fingerprint density at radius 2 is 1.10 bits per heavy atom. The lowest BCUT2D eigenvalue weighted by atomic mass is 10.0. The van der Waals surface area contributed by atoms with Gasteiger partial charge in [-0.1, -0.05) is 103 Å². The van der Waals surface area contributed by atoms with Crippen LogP contribution in [0.1, 0.15) is 129 Å². The fourth-order valence-electron chi connectivity index (χ4n) is 3.59. The quantitative estimate of drug-likeness (QED) is 0.119. The van der Waals surface area contributed by atoms with Gasteiger partial charge in [-0.3, -0.25) is 9.79 Å². The molecule has 0 saturated carbocycles. The highest BCUT2D eigenvalue weighted by molar-refractivity contribution is 5.76. The van der Waals surface area contributed by atoms with E-state index in [0.29, 0.717) is 13.0 Å². The first-order valence-corrected chi connectivity index (χ1v) is 12.5. The number of rotatable bonds is 22. The van der Waals surface area contributed by atoms with Crippen LogP contribution in [-0.4, -0.2) is 25.0 Å². The van der Waals surface area contributed by atoms with Gasteiger partial charge >= 0.3 is 0 Å². The Balaban J connectivity index is 3.14. The summed E-state index contributed by atoms with van der Waals surface area (Å²) in [5, 5.41) is 3.01. The first kappa shape index (κ1) is 27.7. The standard InChI is InChI=1S/C24H50N4O/c1-2-3-4-5-6-7-8-9-10-11-12-13-14-15-16-18-21-27-23(29)20-17-19-22-28-24(25)26/h2-22H2,1H3,(H,27,29)(H4,25,26,28). The highest BCUT2D eigenvalue weighted by atomic mass is 16.1. The lowest BCUT2D eigenvalue weighted by molar-refractivity contribution is -0.121. The predicted molar refractivity (Wildman–Crippen MR) is 127 cm³/mol. The van der Waals surface area contributed by atoms with Crippen molar-refractivity contribution in [2.75, 3.05) is 13.1 Å². The van der Waals surface area contributed by atoms with Gasteiger partial charge in [0.1, 0.15) is 0 Å². The summed E-state index contributed by atoms with van der Waals surface area (Å²) in [6.45, 7) is 3.70. The van der Waals surface area contributed by atoms with Gasteiger partial charge in [0.05, 0.1) is 0 Å². The summed E-state index contributed by atoms with van der Waals surface area (Å²) in [7, 11) is 0.